The molecule has 0 aliphatic heterocycles. The van der Waals surface area contributed by atoms with E-state index >= 15 is 0 Å². The standard InChI is InChI=1S/C7H6F3NO/c1-2-4-11-5-3-6(12)7(8,9)10/h1,3,5,11H,4H2/b5-3+. The van der Waals surface area contributed by atoms with Gasteiger partial charge in [0, 0.05) is 12.3 Å². The minimum absolute atomic E-state index is 0.0850. The molecule has 0 aromatic carbocycles. The summed E-state index contributed by atoms with van der Waals surface area (Å²) in [5.74, 6) is 0.215. The van der Waals surface area contributed by atoms with Gasteiger partial charge in [-0.3, -0.25) is 4.79 Å². The fourth-order valence-electron chi connectivity index (χ4n) is 0.347. The van der Waals surface area contributed by atoms with E-state index in [0.717, 1.165) is 6.20 Å². The topological polar surface area (TPSA) is 29.1 Å². The normalized spacial score (nSPS) is 11.2. The maximum Gasteiger partial charge on any atom is 0.454 e. The van der Waals surface area contributed by atoms with Crippen LogP contribution in [0.1, 0.15) is 0 Å². The molecule has 0 aromatic rings. The molecule has 0 atom stereocenters. The van der Waals surface area contributed by atoms with Crippen LogP contribution in [0.15, 0.2) is 12.3 Å². The predicted molar refractivity (Wildman–Crippen MR) is 37.0 cm³/mol. The van der Waals surface area contributed by atoms with Crippen LogP contribution in [-0.4, -0.2) is 18.5 Å². The summed E-state index contributed by atoms with van der Waals surface area (Å²) in [6, 6.07) is 0. The highest BCUT2D eigenvalue weighted by Gasteiger charge is 2.35. The number of rotatable bonds is 3. The van der Waals surface area contributed by atoms with Crippen molar-refractivity contribution >= 4 is 5.78 Å². The van der Waals surface area contributed by atoms with E-state index in [1.54, 1.807) is 0 Å². The van der Waals surface area contributed by atoms with E-state index in [-0.39, 0.29) is 6.54 Å². The van der Waals surface area contributed by atoms with Crippen LogP contribution >= 0.6 is 0 Å². The van der Waals surface area contributed by atoms with E-state index < -0.39 is 12.0 Å². The van der Waals surface area contributed by atoms with Gasteiger partial charge in [0.1, 0.15) is 0 Å². The molecule has 2 nitrogen and oxygen atoms in total. The first-order valence-electron chi connectivity index (χ1n) is 2.93. The maximum atomic E-state index is 11.5. The Labute approximate surface area is 67.4 Å². The third kappa shape index (κ3) is 4.39. The van der Waals surface area contributed by atoms with E-state index in [1.807, 2.05) is 0 Å². The molecule has 5 heteroatoms. The van der Waals surface area contributed by atoms with Crippen LogP contribution in [0.3, 0.4) is 0 Å². The van der Waals surface area contributed by atoms with Crippen molar-refractivity contribution in [2.45, 2.75) is 6.18 Å². The Morgan fingerprint density at radius 2 is 2.17 bits per heavy atom. The minimum Gasteiger partial charge on any atom is -0.380 e. The molecule has 12 heavy (non-hydrogen) atoms. The van der Waals surface area contributed by atoms with Gasteiger partial charge in [-0.1, -0.05) is 5.92 Å². The number of ketones is 1. The van der Waals surface area contributed by atoms with Crippen molar-refractivity contribution in [2.75, 3.05) is 6.54 Å². The fraction of sp³-hybridized carbons (Fsp3) is 0.286. The molecule has 0 heterocycles. The molecule has 0 spiro atoms. The van der Waals surface area contributed by atoms with Crippen LogP contribution in [0.25, 0.3) is 0 Å². The largest absolute Gasteiger partial charge is 0.454 e. The van der Waals surface area contributed by atoms with E-state index in [2.05, 4.69) is 11.2 Å². The number of allylic oxidation sites excluding steroid dienone is 1. The lowest BCUT2D eigenvalue weighted by atomic mass is 10.4. The Bertz CT molecular complexity index is 224. The van der Waals surface area contributed by atoms with Gasteiger partial charge in [0.25, 0.3) is 5.78 Å². The van der Waals surface area contributed by atoms with Crippen LogP contribution in [0.5, 0.6) is 0 Å². The second-order valence-corrected chi connectivity index (χ2v) is 1.78. The summed E-state index contributed by atoms with van der Waals surface area (Å²) < 4.78 is 34.5. The molecule has 0 aliphatic rings. The Morgan fingerprint density at radius 3 is 2.58 bits per heavy atom. The molecular formula is C7H6F3NO. The number of hydrogen-bond acceptors (Lipinski definition) is 2. The molecular weight excluding hydrogens is 171 g/mol. The Kier molecular flexibility index (Phi) is 3.91. The molecule has 0 unspecified atom stereocenters. The molecule has 0 fully saturated rings. The monoisotopic (exact) mass is 177 g/mol. The van der Waals surface area contributed by atoms with Gasteiger partial charge in [-0.25, -0.2) is 0 Å². The quantitative estimate of drug-likeness (QED) is 0.393. The van der Waals surface area contributed by atoms with Crippen LogP contribution in [-0.2, 0) is 4.79 Å². The predicted octanol–water partition coefficient (Wildman–Crippen LogP) is 0.854. The molecule has 0 radical (unpaired) electrons. The van der Waals surface area contributed by atoms with E-state index in [1.165, 1.54) is 0 Å². The second kappa shape index (κ2) is 4.44. The molecule has 0 rings (SSSR count). The van der Waals surface area contributed by atoms with E-state index in [4.69, 9.17) is 6.42 Å². The molecule has 0 saturated heterocycles. The Balaban J connectivity index is 3.87. The van der Waals surface area contributed by atoms with Crippen molar-refractivity contribution in [1.29, 1.82) is 0 Å². The molecule has 66 valence electrons. The summed E-state index contributed by atoms with van der Waals surface area (Å²) in [6.07, 6.45) is 1.22. The van der Waals surface area contributed by atoms with Crippen molar-refractivity contribution in [1.82, 2.24) is 5.32 Å². The first-order chi connectivity index (χ1) is 5.48. The first kappa shape index (κ1) is 10.6. The van der Waals surface area contributed by atoms with Gasteiger partial charge in [0.2, 0.25) is 0 Å². The maximum absolute atomic E-state index is 11.5. The zero-order valence-corrected chi connectivity index (χ0v) is 5.98. The highest BCUT2D eigenvalue weighted by Crippen LogP contribution is 2.15. The lowest BCUT2D eigenvalue weighted by molar-refractivity contribution is -0.165. The average Bonchev–Trinajstić information content (AvgIpc) is 1.96. The van der Waals surface area contributed by atoms with Crippen LogP contribution in [0, 0.1) is 12.3 Å². The van der Waals surface area contributed by atoms with Crippen LogP contribution in [0.2, 0.25) is 0 Å². The number of terminal acetylenes is 1. The van der Waals surface area contributed by atoms with Gasteiger partial charge in [0.05, 0.1) is 6.54 Å². The fourth-order valence-corrected chi connectivity index (χ4v) is 0.347. The van der Waals surface area contributed by atoms with Crippen molar-refractivity contribution < 1.29 is 18.0 Å². The van der Waals surface area contributed by atoms with Gasteiger partial charge in [-0.2, -0.15) is 13.2 Å². The van der Waals surface area contributed by atoms with Gasteiger partial charge < -0.3 is 5.32 Å². The minimum atomic E-state index is -4.81. The number of nitrogens with one attached hydrogen (secondary N) is 1. The number of alkyl halides is 3. The zero-order chi connectivity index (χ0) is 9.61. The highest BCUT2D eigenvalue weighted by atomic mass is 19.4. The lowest BCUT2D eigenvalue weighted by Gasteiger charge is -1.98. The van der Waals surface area contributed by atoms with Crippen molar-refractivity contribution in [3.63, 3.8) is 0 Å². The van der Waals surface area contributed by atoms with Gasteiger partial charge in [0.15, 0.2) is 0 Å². The summed E-state index contributed by atoms with van der Waals surface area (Å²) >= 11 is 0. The summed E-state index contributed by atoms with van der Waals surface area (Å²) in [5, 5.41) is 2.30. The Hall–Kier alpha value is -1.44. The van der Waals surface area contributed by atoms with Crippen molar-refractivity contribution in [3.05, 3.63) is 12.3 Å². The zero-order valence-electron chi connectivity index (χ0n) is 5.98. The third-order valence-electron chi connectivity index (χ3n) is 0.836. The SMILES string of the molecule is C#CCN/C=C/C(=O)C(F)(F)F. The average molecular weight is 177 g/mol. The first-order valence-corrected chi connectivity index (χ1v) is 2.93. The number of hydrogen-bond donors (Lipinski definition) is 1. The second-order valence-electron chi connectivity index (χ2n) is 1.78. The molecule has 0 saturated carbocycles. The summed E-state index contributed by atoms with van der Waals surface area (Å²) in [5.41, 5.74) is 0. The van der Waals surface area contributed by atoms with Crippen molar-refractivity contribution in [3.8, 4) is 12.3 Å². The summed E-state index contributed by atoms with van der Waals surface area (Å²) in [7, 11) is 0. The molecule has 0 bridgehead atoms. The van der Waals surface area contributed by atoms with Crippen LogP contribution in [0.4, 0.5) is 13.2 Å². The van der Waals surface area contributed by atoms with Crippen LogP contribution < -0.4 is 5.32 Å². The molecule has 0 aliphatic carbocycles. The number of carbonyl (C=O) groups is 1. The van der Waals surface area contributed by atoms with Gasteiger partial charge in [-0.15, -0.1) is 6.42 Å². The number of carbonyl (C=O) groups excluding carboxylic acids is 1. The smallest absolute Gasteiger partial charge is 0.380 e. The molecule has 0 aromatic heterocycles. The molecule has 0 amide bonds. The Morgan fingerprint density at radius 1 is 1.58 bits per heavy atom. The summed E-state index contributed by atoms with van der Waals surface area (Å²) in [6.45, 7) is 0.0850. The lowest BCUT2D eigenvalue weighted by Crippen LogP contribution is -2.20. The molecule has 1 N–H and O–H groups in total. The van der Waals surface area contributed by atoms with E-state index in [0.29, 0.717) is 6.08 Å². The number of halogens is 3. The third-order valence-corrected chi connectivity index (χ3v) is 0.836. The van der Waals surface area contributed by atoms with E-state index in [9.17, 15) is 18.0 Å². The highest BCUT2D eigenvalue weighted by molar-refractivity contribution is 5.94. The van der Waals surface area contributed by atoms with Crippen molar-refractivity contribution in [2.24, 2.45) is 0 Å². The van der Waals surface area contributed by atoms with Gasteiger partial charge in [-0.05, 0) is 0 Å². The summed E-state index contributed by atoms with van der Waals surface area (Å²) in [4.78, 5) is 10.1. The van der Waals surface area contributed by atoms with Gasteiger partial charge >= 0.3 is 6.18 Å².